The number of anilines is 1. The Bertz CT molecular complexity index is 869. The second-order valence-corrected chi connectivity index (χ2v) is 9.88. The molecule has 0 bridgehead atoms. The second kappa shape index (κ2) is 12.2. The summed E-state index contributed by atoms with van der Waals surface area (Å²) >= 11 is 5.90. The van der Waals surface area contributed by atoms with Crippen LogP contribution in [0.2, 0.25) is 0 Å². The van der Waals surface area contributed by atoms with Crippen molar-refractivity contribution in [3.8, 4) is 0 Å². The minimum atomic E-state index is -1.11. The van der Waals surface area contributed by atoms with Crippen molar-refractivity contribution in [2.75, 3.05) is 58.0 Å². The first-order chi connectivity index (χ1) is 14.6. The Hall–Kier alpha value is -0.340. The average molecular weight is 773 g/mol. The van der Waals surface area contributed by atoms with Crippen LogP contribution >= 0.6 is 67.8 Å². The van der Waals surface area contributed by atoms with Crippen LogP contribution in [0.4, 0.5) is 5.69 Å². The highest BCUT2D eigenvalue weighted by Crippen LogP contribution is 2.39. The zero-order valence-corrected chi connectivity index (χ0v) is 23.0. The molecule has 10 nitrogen and oxygen atoms in total. The van der Waals surface area contributed by atoms with Crippen molar-refractivity contribution in [3.63, 3.8) is 0 Å². The number of carbonyl (C=O) groups excluding carboxylic acids is 3. The molecule has 1 aromatic carbocycles. The molecule has 13 heteroatoms. The van der Waals surface area contributed by atoms with Gasteiger partial charge in [-0.05, 0) is 67.8 Å². The molecule has 1 fully saturated rings. The van der Waals surface area contributed by atoms with Gasteiger partial charge in [0.2, 0.25) is 0 Å². The number of amides is 3. The van der Waals surface area contributed by atoms with Gasteiger partial charge in [0.15, 0.2) is 0 Å². The van der Waals surface area contributed by atoms with E-state index in [-0.39, 0.29) is 49.9 Å². The Morgan fingerprint density at radius 2 is 1.84 bits per heavy atom. The van der Waals surface area contributed by atoms with Gasteiger partial charge in [-0.3, -0.25) is 14.4 Å². The maximum atomic E-state index is 13.3. The van der Waals surface area contributed by atoms with E-state index in [1.807, 2.05) is 67.8 Å². The standard InChI is InChI=1S/C18H22I3N3O7/c1-23(6-9(27)7-26)18(30)12-13(19)11(17(29)22-2-4-25)14(20)16(15(12)21)24-3-5-31-8-10(24)28/h9,25-27H,2-8H2,1H3,(H,22,29). The highest BCUT2D eigenvalue weighted by molar-refractivity contribution is 14.1. The van der Waals surface area contributed by atoms with E-state index in [1.54, 1.807) is 0 Å². The normalized spacial score (nSPS) is 15.1. The lowest BCUT2D eigenvalue weighted by atomic mass is 10.1. The van der Waals surface area contributed by atoms with E-state index in [0.29, 0.717) is 23.0 Å². The molecule has 1 aromatic rings. The number of hydrogen-bond donors (Lipinski definition) is 4. The van der Waals surface area contributed by atoms with E-state index in [4.69, 9.17) is 14.9 Å². The number of nitrogens with zero attached hydrogens (tertiary/aromatic N) is 2. The Morgan fingerprint density at radius 3 is 2.42 bits per heavy atom. The van der Waals surface area contributed by atoms with Gasteiger partial charge in [-0.1, -0.05) is 0 Å². The summed E-state index contributed by atoms with van der Waals surface area (Å²) in [5.41, 5.74) is 0.894. The number of ether oxygens (including phenoxy) is 1. The van der Waals surface area contributed by atoms with Gasteiger partial charge in [0.05, 0.1) is 49.9 Å². The van der Waals surface area contributed by atoms with E-state index in [0.717, 1.165) is 0 Å². The van der Waals surface area contributed by atoms with E-state index in [9.17, 15) is 19.5 Å². The predicted molar refractivity (Wildman–Crippen MR) is 137 cm³/mol. The van der Waals surface area contributed by atoms with Crippen LogP contribution in [0.5, 0.6) is 0 Å². The molecule has 31 heavy (non-hydrogen) atoms. The van der Waals surface area contributed by atoms with E-state index >= 15 is 0 Å². The molecule has 1 heterocycles. The Morgan fingerprint density at radius 1 is 1.19 bits per heavy atom. The van der Waals surface area contributed by atoms with Crippen LogP contribution in [0.25, 0.3) is 0 Å². The van der Waals surface area contributed by atoms with Crippen LogP contribution in [0.3, 0.4) is 0 Å². The number of hydrogen-bond acceptors (Lipinski definition) is 7. The SMILES string of the molecule is CN(CC(O)CO)C(=O)c1c(I)c(C(=O)NCCO)c(I)c(N2CCOCC2=O)c1I. The van der Waals surface area contributed by atoms with Crippen molar-refractivity contribution >= 4 is 91.2 Å². The van der Waals surface area contributed by atoms with Gasteiger partial charge in [0.1, 0.15) is 6.61 Å². The van der Waals surface area contributed by atoms with Crippen LogP contribution in [0, 0.1) is 10.7 Å². The van der Waals surface area contributed by atoms with E-state index < -0.39 is 24.5 Å². The third kappa shape index (κ3) is 6.17. The van der Waals surface area contributed by atoms with Crippen LogP contribution in [-0.2, 0) is 9.53 Å². The lowest BCUT2D eigenvalue weighted by molar-refractivity contribution is -0.125. The second-order valence-electron chi connectivity index (χ2n) is 6.64. The fourth-order valence-electron chi connectivity index (χ4n) is 2.93. The Kier molecular flexibility index (Phi) is 10.6. The summed E-state index contributed by atoms with van der Waals surface area (Å²) in [5.74, 6) is -1.23. The molecule has 1 unspecified atom stereocenters. The molecule has 0 radical (unpaired) electrons. The van der Waals surface area contributed by atoms with Gasteiger partial charge in [-0.15, -0.1) is 0 Å². The molecule has 0 aromatic heterocycles. The van der Waals surface area contributed by atoms with Gasteiger partial charge in [-0.2, -0.15) is 0 Å². The fraction of sp³-hybridized carbons (Fsp3) is 0.500. The zero-order chi connectivity index (χ0) is 23.3. The van der Waals surface area contributed by atoms with Crippen molar-refractivity contribution in [2.24, 2.45) is 0 Å². The van der Waals surface area contributed by atoms with Crippen molar-refractivity contribution in [2.45, 2.75) is 6.10 Å². The molecular formula is C18H22I3N3O7. The molecular weight excluding hydrogens is 751 g/mol. The third-order valence-electron chi connectivity index (χ3n) is 4.43. The van der Waals surface area contributed by atoms with E-state index in [1.165, 1.54) is 16.8 Å². The Balaban J connectivity index is 2.68. The molecule has 1 aliphatic rings. The van der Waals surface area contributed by atoms with Crippen LogP contribution in [-0.4, -0.2) is 97.2 Å². The van der Waals surface area contributed by atoms with Crippen molar-refractivity contribution in [1.29, 1.82) is 0 Å². The number of morpholine rings is 1. The summed E-state index contributed by atoms with van der Waals surface area (Å²) in [4.78, 5) is 41.5. The van der Waals surface area contributed by atoms with Crippen LogP contribution < -0.4 is 10.2 Å². The number of halogens is 3. The molecule has 1 atom stereocenters. The number of rotatable bonds is 8. The lowest BCUT2D eigenvalue weighted by Crippen LogP contribution is -2.43. The molecule has 0 aliphatic carbocycles. The fourth-order valence-corrected chi connectivity index (χ4v) is 7.63. The van der Waals surface area contributed by atoms with Gasteiger partial charge in [0, 0.05) is 30.3 Å². The molecule has 2 rings (SSSR count). The van der Waals surface area contributed by atoms with Gasteiger partial charge >= 0.3 is 0 Å². The number of aliphatic hydroxyl groups excluding tert-OH is 3. The summed E-state index contributed by atoms with van der Waals surface area (Å²) < 4.78 is 6.60. The highest BCUT2D eigenvalue weighted by atomic mass is 127. The zero-order valence-electron chi connectivity index (χ0n) is 16.5. The minimum Gasteiger partial charge on any atom is -0.395 e. The summed E-state index contributed by atoms with van der Waals surface area (Å²) in [6.07, 6.45) is -1.11. The molecule has 4 N–H and O–H groups in total. The number of aliphatic hydroxyl groups is 3. The Labute approximate surface area is 220 Å². The molecule has 0 spiro atoms. The average Bonchev–Trinajstić information content (AvgIpc) is 2.73. The third-order valence-corrected chi connectivity index (χ3v) is 7.61. The number of nitrogens with one attached hydrogen (secondary N) is 1. The summed E-state index contributed by atoms with van der Waals surface area (Å²) in [5, 5.41) is 30.5. The number of carbonyl (C=O) groups is 3. The summed E-state index contributed by atoms with van der Waals surface area (Å²) in [6.45, 7) is -0.319. The first kappa shape index (κ1) is 26.9. The first-order valence-electron chi connectivity index (χ1n) is 9.17. The highest BCUT2D eigenvalue weighted by Gasteiger charge is 2.34. The maximum Gasteiger partial charge on any atom is 0.255 e. The molecule has 0 saturated carbocycles. The monoisotopic (exact) mass is 773 g/mol. The number of likely N-dealkylation sites (N-methyl/N-ethyl adjacent to an activating group) is 1. The summed E-state index contributed by atoms with van der Waals surface area (Å²) in [6, 6.07) is 0. The quantitative estimate of drug-likeness (QED) is 0.274. The number of benzene rings is 1. The minimum absolute atomic E-state index is 0.0364. The van der Waals surface area contributed by atoms with Gasteiger partial charge in [0.25, 0.3) is 17.7 Å². The maximum absolute atomic E-state index is 13.3. The van der Waals surface area contributed by atoms with E-state index in [2.05, 4.69) is 5.32 Å². The molecule has 3 amide bonds. The topological polar surface area (TPSA) is 140 Å². The van der Waals surface area contributed by atoms with Crippen LogP contribution in [0.15, 0.2) is 0 Å². The molecule has 1 saturated heterocycles. The first-order valence-corrected chi connectivity index (χ1v) is 12.4. The van der Waals surface area contributed by atoms with Crippen molar-refractivity contribution < 1.29 is 34.4 Å². The smallest absolute Gasteiger partial charge is 0.255 e. The molecule has 1 aliphatic heterocycles. The van der Waals surface area contributed by atoms with Crippen LogP contribution in [0.1, 0.15) is 20.7 Å². The van der Waals surface area contributed by atoms with Crippen molar-refractivity contribution in [3.05, 3.63) is 21.8 Å². The van der Waals surface area contributed by atoms with Crippen molar-refractivity contribution in [1.82, 2.24) is 10.2 Å². The lowest BCUT2D eigenvalue weighted by Gasteiger charge is -2.31. The summed E-state index contributed by atoms with van der Waals surface area (Å²) in [7, 11) is 1.48. The van der Waals surface area contributed by atoms with Gasteiger partial charge in [-0.25, -0.2) is 0 Å². The largest absolute Gasteiger partial charge is 0.395 e. The molecule has 172 valence electrons. The van der Waals surface area contributed by atoms with Gasteiger partial charge < -0.3 is 35.2 Å². The predicted octanol–water partition coefficient (Wildman–Crippen LogP) is 0.0109.